The molecular weight excluding hydrogens is 150 g/mol. The number of nitrogens with two attached hydrogens (primary N) is 1. The molecule has 0 aliphatic carbocycles. The van der Waals surface area contributed by atoms with Gasteiger partial charge in [0.25, 0.3) is 0 Å². The molecule has 0 aromatic heterocycles. The Bertz CT molecular complexity index is 261. The second kappa shape index (κ2) is 3.81. The summed E-state index contributed by atoms with van der Waals surface area (Å²) in [5, 5.41) is 0. The van der Waals surface area contributed by atoms with Crippen LogP contribution in [-0.2, 0) is 0 Å². The van der Waals surface area contributed by atoms with Crippen molar-refractivity contribution >= 4 is 5.69 Å². The minimum atomic E-state index is 0.495. The van der Waals surface area contributed by atoms with Crippen molar-refractivity contribution < 1.29 is 4.74 Å². The molecule has 0 atom stereocenters. The summed E-state index contributed by atoms with van der Waals surface area (Å²) in [7, 11) is 0. The SMILES string of the molecule is C=CCOc1c(C)cccc1N. The summed E-state index contributed by atoms with van der Waals surface area (Å²) in [5.74, 6) is 0.761. The van der Waals surface area contributed by atoms with E-state index in [0.29, 0.717) is 12.3 Å². The molecule has 0 saturated heterocycles. The Morgan fingerprint density at radius 2 is 2.33 bits per heavy atom. The van der Waals surface area contributed by atoms with Crippen LogP contribution in [0.4, 0.5) is 5.69 Å². The lowest BCUT2D eigenvalue weighted by molar-refractivity contribution is 0.362. The molecule has 0 unspecified atom stereocenters. The van der Waals surface area contributed by atoms with Gasteiger partial charge in [0, 0.05) is 0 Å². The molecule has 1 aromatic carbocycles. The second-order valence-electron chi connectivity index (χ2n) is 2.59. The molecule has 2 heteroatoms. The maximum absolute atomic E-state index is 5.70. The zero-order chi connectivity index (χ0) is 8.97. The molecular formula is C10H13NO. The number of benzene rings is 1. The first-order chi connectivity index (χ1) is 5.75. The van der Waals surface area contributed by atoms with Crippen molar-refractivity contribution in [3.63, 3.8) is 0 Å². The van der Waals surface area contributed by atoms with Crippen LogP contribution in [0.5, 0.6) is 5.75 Å². The van der Waals surface area contributed by atoms with Gasteiger partial charge in [0.2, 0.25) is 0 Å². The number of hydrogen-bond acceptors (Lipinski definition) is 2. The summed E-state index contributed by atoms with van der Waals surface area (Å²) in [6.07, 6.45) is 1.70. The van der Waals surface area contributed by atoms with Crippen LogP contribution in [0.15, 0.2) is 30.9 Å². The number of para-hydroxylation sites is 1. The van der Waals surface area contributed by atoms with Gasteiger partial charge in [0.05, 0.1) is 5.69 Å². The summed E-state index contributed by atoms with van der Waals surface area (Å²) < 4.78 is 5.37. The highest BCUT2D eigenvalue weighted by Gasteiger charge is 2.01. The predicted octanol–water partition coefficient (Wildman–Crippen LogP) is 2.14. The molecule has 0 bridgehead atoms. The van der Waals surface area contributed by atoms with Gasteiger partial charge in [-0.2, -0.15) is 0 Å². The van der Waals surface area contributed by atoms with Crippen molar-refractivity contribution in [3.8, 4) is 5.75 Å². The van der Waals surface area contributed by atoms with Crippen LogP contribution < -0.4 is 10.5 Å². The Labute approximate surface area is 72.7 Å². The summed E-state index contributed by atoms with van der Waals surface area (Å²) >= 11 is 0. The Morgan fingerprint density at radius 3 is 2.92 bits per heavy atom. The normalized spacial score (nSPS) is 9.42. The van der Waals surface area contributed by atoms with Crippen LogP contribution in [0, 0.1) is 6.92 Å². The quantitative estimate of drug-likeness (QED) is 0.547. The van der Waals surface area contributed by atoms with E-state index in [1.807, 2.05) is 25.1 Å². The van der Waals surface area contributed by atoms with Crippen LogP contribution in [-0.4, -0.2) is 6.61 Å². The van der Waals surface area contributed by atoms with Crippen molar-refractivity contribution in [2.75, 3.05) is 12.3 Å². The zero-order valence-corrected chi connectivity index (χ0v) is 7.21. The molecule has 1 aromatic rings. The highest BCUT2D eigenvalue weighted by Crippen LogP contribution is 2.24. The number of rotatable bonds is 3. The van der Waals surface area contributed by atoms with E-state index in [1.54, 1.807) is 6.08 Å². The molecule has 0 spiro atoms. The van der Waals surface area contributed by atoms with Gasteiger partial charge in [-0.25, -0.2) is 0 Å². The molecule has 64 valence electrons. The minimum Gasteiger partial charge on any atom is -0.487 e. The van der Waals surface area contributed by atoms with Gasteiger partial charge in [0.1, 0.15) is 12.4 Å². The summed E-state index contributed by atoms with van der Waals surface area (Å²) in [6.45, 7) is 6.03. The third-order valence-electron chi connectivity index (χ3n) is 1.59. The number of nitrogen functional groups attached to an aromatic ring is 1. The van der Waals surface area contributed by atoms with Crippen molar-refractivity contribution in [1.82, 2.24) is 0 Å². The van der Waals surface area contributed by atoms with Crippen molar-refractivity contribution in [2.45, 2.75) is 6.92 Å². The Kier molecular flexibility index (Phi) is 2.75. The molecule has 0 heterocycles. The van der Waals surface area contributed by atoms with Gasteiger partial charge in [-0.15, -0.1) is 0 Å². The molecule has 0 saturated carbocycles. The number of anilines is 1. The first kappa shape index (κ1) is 8.65. The molecule has 2 N–H and O–H groups in total. The third kappa shape index (κ3) is 1.78. The lowest BCUT2D eigenvalue weighted by Gasteiger charge is -2.08. The second-order valence-corrected chi connectivity index (χ2v) is 2.59. The molecule has 0 aliphatic rings. The van der Waals surface area contributed by atoms with Crippen molar-refractivity contribution in [3.05, 3.63) is 36.4 Å². The van der Waals surface area contributed by atoms with E-state index in [2.05, 4.69) is 6.58 Å². The van der Waals surface area contributed by atoms with Gasteiger partial charge in [0.15, 0.2) is 0 Å². The number of hydrogen-bond donors (Lipinski definition) is 1. The van der Waals surface area contributed by atoms with E-state index in [4.69, 9.17) is 10.5 Å². The standard InChI is InChI=1S/C10H13NO/c1-3-7-12-10-8(2)5-4-6-9(10)11/h3-6H,1,7,11H2,2H3. The lowest BCUT2D eigenvalue weighted by atomic mass is 10.2. The number of aryl methyl sites for hydroxylation is 1. The minimum absolute atomic E-state index is 0.495. The average molecular weight is 163 g/mol. The fourth-order valence-electron chi connectivity index (χ4n) is 1.01. The average Bonchev–Trinajstić information content (AvgIpc) is 2.04. The summed E-state index contributed by atoms with van der Waals surface area (Å²) in [4.78, 5) is 0. The largest absolute Gasteiger partial charge is 0.487 e. The van der Waals surface area contributed by atoms with E-state index in [0.717, 1.165) is 11.3 Å². The molecule has 0 radical (unpaired) electrons. The van der Waals surface area contributed by atoms with Crippen LogP contribution in [0.3, 0.4) is 0 Å². The van der Waals surface area contributed by atoms with E-state index in [1.165, 1.54) is 0 Å². The molecule has 0 amide bonds. The van der Waals surface area contributed by atoms with Gasteiger partial charge < -0.3 is 10.5 Å². The van der Waals surface area contributed by atoms with Gasteiger partial charge >= 0.3 is 0 Å². The summed E-state index contributed by atoms with van der Waals surface area (Å²) in [5.41, 5.74) is 7.43. The third-order valence-corrected chi connectivity index (χ3v) is 1.59. The lowest BCUT2D eigenvalue weighted by Crippen LogP contribution is -1.99. The van der Waals surface area contributed by atoms with E-state index in [-0.39, 0.29) is 0 Å². The van der Waals surface area contributed by atoms with Gasteiger partial charge in [-0.05, 0) is 18.6 Å². The smallest absolute Gasteiger partial charge is 0.145 e. The highest BCUT2D eigenvalue weighted by molar-refractivity contribution is 5.56. The molecule has 12 heavy (non-hydrogen) atoms. The fourth-order valence-corrected chi connectivity index (χ4v) is 1.01. The maximum Gasteiger partial charge on any atom is 0.145 e. The number of ether oxygens (including phenoxy) is 1. The van der Waals surface area contributed by atoms with Crippen LogP contribution in [0.2, 0.25) is 0 Å². The Hall–Kier alpha value is -1.44. The van der Waals surface area contributed by atoms with Gasteiger partial charge in [-0.1, -0.05) is 24.8 Å². The first-order valence-electron chi connectivity index (χ1n) is 3.84. The zero-order valence-electron chi connectivity index (χ0n) is 7.21. The van der Waals surface area contributed by atoms with Crippen molar-refractivity contribution in [1.29, 1.82) is 0 Å². The van der Waals surface area contributed by atoms with E-state index >= 15 is 0 Å². The topological polar surface area (TPSA) is 35.2 Å². The van der Waals surface area contributed by atoms with Crippen molar-refractivity contribution in [2.24, 2.45) is 0 Å². The van der Waals surface area contributed by atoms with Gasteiger partial charge in [-0.3, -0.25) is 0 Å². The summed E-state index contributed by atoms with van der Waals surface area (Å²) in [6, 6.07) is 5.70. The Balaban J connectivity index is 2.88. The molecule has 2 nitrogen and oxygen atoms in total. The molecule has 1 rings (SSSR count). The van der Waals surface area contributed by atoms with Crippen LogP contribution in [0.25, 0.3) is 0 Å². The predicted molar refractivity (Wildman–Crippen MR) is 51.3 cm³/mol. The monoisotopic (exact) mass is 163 g/mol. The van der Waals surface area contributed by atoms with E-state index < -0.39 is 0 Å². The van der Waals surface area contributed by atoms with Crippen LogP contribution in [0.1, 0.15) is 5.56 Å². The molecule has 0 fully saturated rings. The highest BCUT2D eigenvalue weighted by atomic mass is 16.5. The van der Waals surface area contributed by atoms with E-state index in [9.17, 15) is 0 Å². The van der Waals surface area contributed by atoms with Crippen LogP contribution >= 0.6 is 0 Å². The Morgan fingerprint density at radius 1 is 1.58 bits per heavy atom. The first-order valence-corrected chi connectivity index (χ1v) is 3.84. The maximum atomic E-state index is 5.70. The fraction of sp³-hybridized carbons (Fsp3) is 0.200. The molecule has 0 aliphatic heterocycles.